The molecule has 0 atom stereocenters. The highest BCUT2D eigenvalue weighted by molar-refractivity contribution is 5.58. The zero-order valence-electron chi connectivity index (χ0n) is 10.8. The number of hydrogen-bond acceptors (Lipinski definition) is 3. The van der Waals surface area contributed by atoms with Crippen molar-refractivity contribution >= 4 is 11.4 Å². The topological polar surface area (TPSA) is 46.4 Å². The largest absolute Gasteiger partial charge is 0.367 e. The van der Waals surface area contributed by atoms with Crippen molar-refractivity contribution in [3.8, 4) is 0 Å². The second-order valence-corrected chi connectivity index (χ2v) is 4.81. The van der Waals surface area contributed by atoms with Crippen molar-refractivity contribution in [3.63, 3.8) is 0 Å². The molecule has 0 fully saturated rings. The molecule has 0 aliphatic carbocycles. The zero-order chi connectivity index (χ0) is 14.1. The highest BCUT2D eigenvalue weighted by atomic mass is 19.1. The second-order valence-electron chi connectivity index (χ2n) is 4.81. The van der Waals surface area contributed by atoms with Crippen LogP contribution >= 0.6 is 0 Å². The Morgan fingerprint density at radius 2 is 2.00 bits per heavy atom. The molecule has 0 radical (unpaired) electrons. The van der Waals surface area contributed by atoms with Crippen LogP contribution in [0.1, 0.15) is 11.1 Å². The van der Waals surface area contributed by atoms with E-state index in [-0.39, 0.29) is 0 Å². The SMILES string of the molecule is O=[N+]([O-])c1cccc(CN2CCc3ccccc32)c1F. The molecule has 2 aromatic carbocycles. The van der Waals surface area contributed by atoms with Crippen LogP contribution in [0, 0.1) is 15.9 Å². The molecule has 0 saturated heterocycles. The van der Waals surface area contributed by atoms with Crippen LogP contribution in [-0.2, 0) is 13.0 Å². The fourth-order valence-electron chi connectivity index (χ4n) is 2.61. The predicted octanol–water partition coefficient (Wildman–Crippen LogP) is 3.30. The van der Waals surface area contributed by atoms with Gasteiger partial charge in [0.05, 0.1) is 4.92 Å². The summed E-state index contributed by atoms with van der Waals surface area (Å²) < 4.78 is 14.1. The van der Waals surface area contributed by atoms with E-state index in [4.69, 9.17) is 0 Å². The number of nitrogens with zero attached hydrogens (tertiary/aromatic N) is 2. The normalized spacial score (nSPS) is 13.3. The van der Waals surface area contributed by atoms with Crippen molar-refractivity contribution in [1.82, 2.24) is 0 Å². The molecule has 102 valence electrons. The van der Waals surface area contributed by atoms with E-state index in [9.17, 15) is 14.5 Å². The fourth-order valence-corrected chi connectivity index (χ4v) is 2.61. The lowest BCUT2D eigenvalue weighted by molar-refractivity contribution is -0.387. The summed E-state index contributed by atoms with van der Waals surface area (Å²) in [4.78, 5) is 12.1. The molecule has 0 spiro atoms. The van der Waals surface area contributed by atoms with Gasteiger partial charge in [0.25, 0.3) is 0 Å². The lowest BCUT2D eigenvalue weighted by Crippen LogP contribution is -2.20. The van der Waals surface area contributed by atoms with E-state index in [1.807, 2.05) is 18.2 Å². The van der Waals surface area contributed by atoms with Crippen LogP contribution in [0.25, 0.3) is 0 Å². The van der Waals surface area contributed by atoms with E-state index in [0.29, 0.717) is 12.1 Å². The number of nitro groups is 1. The quantitative estimate of drug-likeness (QED) is 0.636. The van der Waals surface area contributed by atoms with Crippen LogP contribution in [0.5, 0.6) is 0 Å². The first-order valence-electron chi connectivity index (χ1n) is 6.41. The van der Waals surface area contributed by atoms with Crippen LogP contribution in [-0.4, -0.2) is 11.5 Å². The summed E-state index contributed by atoms with van der Waals surface area (Å²) in [7, 11) is 0. The van der Waals surface area contributed by atoms with Crippen LogP contribution < -0.4 is 4.90 Å². The van der Waals surface area contributed by atoms with Crippen LogP contribution in [0.15, 0.2) is 42.5 Å². The van der Waals surface area contributed by atoms with Gasteiger partial charge >= 0.3 is 5.69 Å². The molecule has 1 aliphatic rings. The first kappa shape index (κ1) is 12.6. The summed E-state index contributed by atoms with van der Waals surface area (Å²) >= 11 is 0. The van der Waals surface area contributed by atoms with Crippen molar-refractivity contribution in [1.29, 1.82) is 0 Å². The number of para-hydroxylation sites is 1. The Kier molecular flexibility index (Phi) is 3.10. The maximum atomic E-state index is 14.1. The number of nitro benzene ring substituents is 1. The van der Waals surface area contributed by atoms with Gasteiger partial charge in [0.2, 0.25) is 5.82 Å². The Morgan fingerprint density at radius 3 is 2.80 bits per heavy atom. The van der Waals surface area contributed by atoms with Gasteiger partial charge in [-0.2, -0.15) is 4.39 Å². The number of fused-ring (bicyclic) bond motifs is 1. The van der Waals surface area contributed by atoms with Crippen LogP contribution in [0.4, 0.5) is 15.8 Å². The molecule has 2 aromatic rings. The Balaban J connectivity index is 1.90. The van der Waals surface area contributed by atoms with E-state index in [0.717, 1.165) is 18.7 Å². The third-order valence-electron chi connectivity index (χ3n) is 3.60. The number of benzene rings is 2. The van der Waals surface area contributed by atoms with Gasteiger partial charge in [-0.3, -0.25) is 10.1 Å². The van der Waals surface area contributed by atoms with E-state index >= 15 is 0 Å². The van der Waals surface area contributed by atoms with Gasteiger partial charge in [-0.25, -0.2) is 0 Å². The fraction of sp³-hybridized carbons (Fsp3) is 0.200. The Morgan fingerprint density at radius 1 is 1.20 bits per heavy atom. The van der Waals surface area contributed by atoms with E-state index in [1.165, 1.54) is 17.7 Å². The van der Waals surface area contributed by atoms with Crippen molar-refractivity contribution < 1.29 is 9.31 Å². The molecule has 0 N–H and O–H groups in total. The molecular weight excluding hydrogens is 259 g/mol. The molecule has 0 unspecified atom stereocenters. The predicted molar refractivity (Wildman–Crippen MR) is 74.3 cm³/mol. The first-order valence-corrected chi connectivity index (χ1v) is 6.41. The van der Waals surface area contributed by atoms with Gasteiger partial charge in [0.15, 0.2) is 0 Å². The molecule has 1 heterocycles. The maximum absolute atomic E-state index is 14.1. The van der Waals surface area contributed by atoms with E-state index in [2.05, 4.69) is 11.0 Å². The van der Waals surface area contributed by atoms with Crippen molar-refractivity contribution in [2.75, 3.05) is 11.4 Å². The van der Waals surface area contributed by atoms with E-state index < -0.39 is 16.4 Å². The van der Waals surface area contributed by atoms with Crippen molar-refractivity contribution in [2.24, 2.45) is 0 Å². The molecule has 1 aliphatic heterocycles. The molecule has 0 saturated carbocycles. The summed E-state index contributed by atoms with van der Waals surface area (Å²) in [6.45, 7) is 1.16. The molecule has 5 heteroatoms. The minimum Gasteiger partial charge on any atom is -0.367 e. The van der Waals surface area contributed by atoms with Gasteiger partial charge in [-0.15, -0.1) is 0 Å². The number of anilines is 1. The van der Waals surface area contributed by atoms with Crippen molar-refractivity contribution in [3.05, 3.63) is 69.5 Å². The van der Waals surface area contributed by atoms with Crippen LogP contribution in [0.2, 0.25) is 0 Å². The maximum Gasteiger partial charge on any atom is 0.305 e. The number of halogens is 1. The Hall–Kier alpha value is -2.43. The van der Waals surface area contributed by atoms with Gasteiger partial charge in [0, 0.05) is 30.4 Å². The minimum atomic E-state index is -0.734. The van der Waals surface area contributed by atoms with Crippen molar-refractivity contribution in [2.45, 2.75) is 13.0 Å². The standard InChI is InChI=1S/C15H13FN2O2/c16-15-12(5-3-7-14(15)18(19)20)10-17-9-8-11-4-1-2-6-13(11)17/h1-7H,8-10H2. The number of hydrogen-bond donors (Lipinski definition) is 0. The molecule has 3 rings (SSSR count). The summed E-state index contributed by atoms with van der Waals surface area (Å²) in [5.41, 5.74) is 2.21. The van der Waals surface area contributed by atoms with E-state index in [1.54, 1.807) is 6.07 Å². The first-order chi connectivity index (χ1) is 9.66. The molecule has 0 amide bonds. The van der Waals surface area contributed by atoms with Gasteiger partial charge in [0.1, 0.15) is 0 Å². The highest BCUT2D eigenvalue weighted by Crippen LogP contribution is 2.30. The summed E-state index contributed by atoms with van der Waals surface area (Å²) in [6, 6.07) is 12.3. The summed E-state index contributed by atoms with van der Waals surface area (Å²) in [6.07, 6.45) is 0.923. The third kappa shape index (κ3) is 2.11. The molecule has 20 heavy (non-hydrogen) atoms. The zero-order valence-corrected chi connectivity index (χ0v) is 10.8. The molecule has 4 nitrogen and oxygen atoms in total. The average Bonchev–Trinajstić information content (AvgIpc) is 2.84. The van der Waals surface area contributed by atoms with Gasteiger partial charge in [-0.05, 0) is 18.1 Å². The summed E-state index contributed by atoms with van der Waals surface area (Å²) in [5.74, 6) is -0.734. The van der Waals surface area contributed by atoms with Crippen LogP contribution in [0.3, 0.4) is 0 Å². The average molecular weight is 272 g/mol. The number of rotatable bonds is 3. The lowest BCUT2D eigenvalue weighted by Gasteiger charge is -2.19. The molecular formula is C15H13FN2O2. The highest BCUT2D eigenvalue weighted by Gasteiger charge is 2.22. The Labute approximate surface area is 115 Å². The molecule has 0 aromatic heterocycles. The Bertz CT molecular complexity index is 673. The second kappa shape index (κ2) is 4.92. The molecule has 0 bridgehead atoms. The lowest BCUT2D eigenvalue weighted by atomic mass is 10.1. The minimum absolute atomic E-state index is 0.352. The smallest absolute Gasteiger partial charge is 0.305 e. The van der Waals surface area contributed by atoms with Gasteiger partial charge < -0.3 is 4.90 Å². The summed E-state index contributed by atoms with van der Waals surface area (Å²) in [5, 5.41) is 10.8. The monoisotopic (exact) mass is 272 g/mol. The van der Waals surface area contributed by atoms with Gasteiger partial charge in [-0.1, -0.05) is 30.3 Å². The third-order valence-corrected chi connectivity index (χ3v) is 3.60.